The summed E-state index contributed by atoms with van der Waals surface area (Å²) < 4.78 is 11.1. The summed E-state index contributed by atoms with van der Waals surface area (Å²) in [5.41, 5.74) is 0. The Bertz CT molecular complexity index is 332. The third-order valence-electron chi connectivity index (χ3n) is 4.71. The van der Waals surface area contributed by atoms with Crippen LogP contribution in [0.2, 0.25) is 0 Å². The van der Waals surface area contributed by atoms with Crippen LogP contribution in [0.25, 0.3) is 0 Å². The molecule has 0 spiro atoms. The van der Waals surface area contributed by atoms with Crippen LogP contribution in [-0.2, 0) is 14.3 Å². The fourth-order valence-corrected chi connectivity index (χ4v) is 3.13. The van der Waals surface area contributed by atoms with Gasteiger partial charge in [0.1, 0.15) is 6.61 Å². The molecule has 1 unspecified atom stereocenters. The van der Waals surface area contributed by atoms with E-state index < -0.39 is 0 Å². The first-order valence-electron chi connectivity index (χ1n) is 8.99. The average Bonchev–Trinajstić information content (AvgIpc) is 3.03. The fraction of sp³-hybridized carbons (Fsp3) is 0.941. The van der Waals surface area contributed by atoms with E-state index in [1.54, 1.807) is 0 Å². The van der Waals surface area contributed by atoms with Crippen LogP contribution < -0.4 is 0 Å². The average molecular weight is 327 g/mol. The van der Waals surface area contributed by atoms with Crippen molar-refractivity contribution in [3.63, 3.8) is 0 Å². The zero-order valence-electron chi connectivity index (χ0n) is 14.8. The van der Waals surface area contributed by atoms with Gasteiger partial charge < -0.3 is 24.2 Å². The summed E-state index contributed by atoms with van der Waals surface area (Å²) in [5.74, 6) is 0.118. The number of carbonyl (C=O) groups excluding carboxylic acids is 1. The van der Waals surface area contributed by atoms with E-state index in [4.69, 9.17) is 9.47 Å². The second-order valence-corrected chi connectivity index (χ2v) is 6.84. The lowest BCUT2D eigenvalue weighted by molar-refractivity contribution is -0.137. The quantitative estimate of drug-likeness (QED) is 0.759. The van der Waals surface area contributed by atoms with Crippen molar-refractivity contribution in [2.45, 2.75) is 31.8 Å². The number of rotatable bonds is 4. The fourth-order valence-electron chi connectivity index (χ4n) is 3.13. The molecular weight excluding hydrogens is 294 g/mol. The van der Waals surface area contributed by atoms with Crippen LogP contribution in [0.15, 0.2) is 0 Å². The Morgan fingerprint density at radius 1 is 1.00 bits per heavy atom. The van der Waals surface area contributed by atoms with Crippen molar-refractivity contribution in [2.24, 2.45) is 0 Å². The molecule has 0 aromatic rings. The van der Waals surface area contributed by atoms with E-state index in [0.29, 0.717) is 6.61 Å². The van der Waals surface area contributed by atoms with Crippen LogP contribution in [0.4, 0.5) is 0 Å². The van der Waals surface area contributed by atoms with E-state index in [0.717, 1.165) is 71.6 Å². The van der Waals surface area contributed by atoms with E-state index in [-0.39, 0.29) is 18.6 Å². The van der Waals surface area contributed by atoms with Gasteiger partial charge in [0, 0.05) is 32.8 Å². The van der Waals surface area contributed by atoms with Gasteiger partial charge in [-0.05, 0) is 52.9 Å². The highest BCUT2D eigenvalue weighted by Crippen LogP contribution is 2.12. The highest BCUT2D eigenvalue weighted by atomic mass is 16.5. The normalized spacial score (nSPS) is 26.2. The monoisotopic (exact) mass is 327 g/mol. The largest absolute Gasteiger partial charge is 0.376 e. The molecule has 2 saturated heterocycles. The van der Waals surface area contributed by atoms with Crippen molar-refractivity contribution in [1.29, 1.82) is 0 Å². The number of amides is 1. The van der Waals surface area contributed by atoms with Gasteiger partial charge in [-0.2, -0.15) is 0 Å². The summed E-state index contributed by atoms with van der Waals surface area (Å²) >= 11 is 0. The van der Waals surface area contributed by atoms with Gasteiger partial charge in [0.2, 0.25) is 5.91 Å². The van der Waals surface area contributed by atoms with Crippen molar-refractivity contribution < 1.29 is 14.3 Å². The van der Waals surface area contributed by atoms with Crippen LogP contribution in [0.1, 0.15) is 25.7 Å². The second-order valence-electron chi connectivity index (χ2n) is 6.84. The van der Waals surface area contributed by atoms with E-state index in [1.165, 1.54) is 0 Å². The standard InChI is InChI=1S/C17H33N3O3/c1-18-7-4-9-20(10-5-8-19(2)12-11-18)17(21)15-22-14-16-6-3-13-23-16/h16H,3-15H2,1-2H3. The maximum atomic E-state index is 12.4. The second kappa shape index (κ2) is 10.2. The first-order chi connectivity index (χ1) is 11.1. The topological polar surface area (TPSA) is 45.3 Å². The molecule has 0 aromatic carbocycles. The van der Waals surface area contributed by atoms with Gasteiger partial charge in [-0.15, -0.1) is 0 Å². The lowest BCUT2D eigenvalue weighted by Crippen LogP contribution is -2.37. The van der Waals surface area contributed by atoms with Crippen molar-refractivity contribution in [3.05, 3.63) is 0 Å². The van der Waals surface area contributed by atoms with Gasteiger partial charge in [0.05, 0.1) is 12.7 Å². The minimum atomic E-state index is 0.118. The molecule has 2 aliphatic heterocycles. The molecule has 6 heteroatoms. The molecule has 23 heavy (non-hydrogen) atoms. The Hall–Kier alpha value is -0.690. The molecule has 2 aliphatic rings. The predicted octanol–water partition coefficient (Wildman–Crippen LogP) is 0.668. The zero-order valence-corrected chi connectivity index (χ0v) is 14.8. The highest BCUT2D eigenvalue weighted by Gasteiger charge is 2.18. The molecule has 2 fully saturated rings. The number of hydrogen-bond acceptors (Lipinski definition) is 5. The van der Waals surface area contributed by atoms with Crippen molar-refractivity contribution in [3.8, 4) is 0 Å². The number of ether oxygens (including phenoxy) is 2. The van der Waals surface area contributed by atoms with Crippen molar-refractivity contribution in [2.75, 3.05) is 73.2 Å². The maximum Gasteiger partial charge on any atom is 0.248 e. The van der Waals surface area contributed by atoms with Crippen LogP contribution >= 0.6 is 0 Å². The molecule has 1 amide bonds. The number of carbonyl (C=O) groups is 1. The van der Waals surface area contributed by atoms with E-state index in [1.807, 2.05) is 4.90 Å². The molecular formula is C17H33N3O3. The summed E-state index contributed by atoms with van der Waals surface area (Å²) in [6.45, 7) is 7.48. The number of likely N-dealkylation sites (N-methyl/N-ethyl adjacent to an activating group) is 2. The SMILES string of the molecule is CN1CCCN(C(=O)COCC2CCCO2)CCCN(C)CC1. The Balaban J connectivity index is 1.73. The van der Waals surface area contributed by atoms with Crippen LogP contribution in [0, 0.1) is 0 Å². The third kappa shape index (κ3) is 7.16. The van der Waals surface area contributed by atoms with Gasteiger partial charge in [0.15, 0.2) is 0 Å². The lowest BCUT2D eigenvalue weighted by Gasteiger charge is -2.24. The summed E-state index contributed by atoms with van der Waals surface area (Å²) in [7, 11) is 4.31. The molecule has 0 aromatic heterocycles. The molecule has 0 radical (unpaired) electrons. The zero-order chi connectivity index (χ0) is 16.5. The lowest BCUT2D eigenvalue weighted by atomic mass is 10.2. The molecule has 0 bridgehead atoms. The van der Waals surface area contributed by atoms with Crippen molar-refractivity contribution in [1.82, 2.24) is 14.7 Å². The molecule has 0 saturated carbocycles. The summed E-state index contributed by atoms with van der Waals surface area (Å²) in [6, 6.07) is 0. The molecule has 2 heterocycles. The number of nitrogens with zero attached hydrogens (tertiary/aromatic N) is 3. The van der Waals surface area contributed by atoms with Gasteiger partial charge in [-0.3, -0.25) is 4.79 Å². The molecule has 2 rings (SSSR count). The third-order valence-corrected chi connectivity index (χ3v) is 4.71. The summed E-state index contributed by atoms with van der Waals surface area (Å²) in [6.07, 6.45) is 4.40. The van der Waals surface area contributed by atoms with E-state index in [9.17, 15) is 4.79 Å². The molecule has 1 atom stereocenters. The maximum absolute atomic E-state index is 12.4. The van der Waals surface area contributed by atoms with E-state index >= 15 is 0 Å². The van der Waals surface area contributed by atoms with Gasteiger partial charge in [-0.25, -0.2) is 0 Å². The number of hydrogen-bond donors (Lipinski definition) is 0. The minimum absolute atomic E-state index is 0.118. The summed E-state index contributed by atoms with van der Waals surface area (Å²) in [5, 5.41) is 0. The van der Waals surface area contributed by atoms with Crippen LogP contribution in [-0.4, -0.2) is 99.9 Å². The van der Waals surface area contributed by atoms with Crippen LogP contribution in [0.5, 0.6) is 0 Å². The van der Waals surface area contributed by atoms with E-state index in [2.05, 4.69) is 23.9 Å². The van der Waals surface area contributed by atoms with Gasteiger partial charge in [0.25, 0.3) is 0 Å². The van der Waals surface area contributed by atoms with Gasteiger partial charge in [-0.1, -0.05) is 0 Å². The Labute approximate surface area is 140 Å². The van der Waals surface area contributed by atoms with Crippen molar-refractivity contribution >= 4 is 5.91 Å². The Kier molecular flexibility index (Phi) is 8.30. The van der Waals surface area contributed by atoms with Gasteiger partial charge >= 0.3 is 0 Å². The Morgan fingerprint density at radius 3 is 2.22 bits per heavy atom. The minimum Gasteiger partial charge on any atom is -0.376 e. The predicted molar refractivity (Wildman–Crippen MR) is 90.6 cm³/mol. The molecule has 0 N–H and O–H groups in total. The summed E-state index contributed by atoms with van der Waals surface area (Å²) in [4.78, 5) is 19.1. The molecule has 134 valence electrons. The molecule has 0 aliphatic carbocycles. The Morgan fingerprint density at radius 2 is 1.65 bits per heavy atom. The smallest absolute Gasteiger partial charge is 0.248 e. The highest BCUT2D eigenvalue weighted by molar-refractivity contribution is 5.77. The first-order valence-corrected chi connectivity index (χ1v) is 8.99. The first kappa shape index (κ1) is 18.6. The van der Waals surface area contributed by atoms with Crippen LogP contribution in [0.3, 0.4) is 0 Å². The molecule has 6 nitrogen and oxygen atoms in total.